The van der Waals surface area contributed by atoms with Crippen LogP contribution in [0.15, 0.2) is 0 Å². The molecule has 0 bridgehead atoms. The molecule has 0 heterocycles. The molecule has 0 amide bonds. The van der Waals surface area contributed by atoms with E-state index in [2.05, 4.69) is 25.9 Å². The lowest BCUT2D eigenvalue weighted by molar-refractivity contribution is 0.156. The van der Waals surface area contributed by atoms with Crippen molar-refractivity contribution in [1.29, 1.82) is 0 Å². The lowest BCUT2D eigenvalue weighted by atomic mass is 9.73. The SMILES string of the molecule is BC(SC)C1(S)C2C1C13C2C12C31C23C12C14C56C78C9CC97C85C61C324. The zero-order valence-corrected chi connectivity index (χ0v) is 14.7. The summed E-state index contributed by atoms with van der Waals surface area (Å²) in [6.45, 7) is 0. The molecule has 12 spiro atoms. The van der Waals surface area contributed by atoms with Gasteiger partial charge in [0.25, 0.3) is 0 Å². The van der Waals surface area contributed by atoms with E-state index < -0.39 is 0 Å². The molecule has 23 heavy (non-hydrogen) atoms. The van der Waals surface area contributed by atoms with Crippen LogP contribution in [-0.2, 0) is 0 Å². The second kappa shape index (κ2) is 1.18. The molecule has 15 fully saturated rings. The van der Waals surface area contributed by atoms with Gasteiger partial charge in [-0.15, -0.1) is 0 Å². The summed E-state index contributed by atoms with van der Waals surface area (Å²) in [5.41, 5.74) is 13.5. The van der Waals surface area contributed by atoms with Gasteiger partial charge in [-0.3, -0.25) is 0 Å². The van der Waals surface area contributed by atoms with Crippen LogP contribution in [0.5, 0.6) is 0 Å². The molecule has 15 aliphatic rings. The summed E-state index contributed by atoms with van der Waals surface area (Å²) < 4.78 is 0.487. The zero-order chi connectivity index (χ0) is 13.8. The molecule has 0 nitrogen and oxygen atoms in total. The number of thioether (sulfide) groups is 1. The molecule has 0 radical (unpaired) electrons. The zero-order valence-electron chi connectivity index (χ0n) is 12.9. The van der Waals surface area contributed by atoms with Crippen LogP contribution in [0.2, 0.25) is 0 Å². The van der Waals surface area contributed by atoms with Gasteiger partial charge < -0.3 is 0 Å². The van der Waals surface area contributed by atoms with Crippen molar-refractivity contribution in [3.05, 3.63) is 0 Å². The first-order chi connectivity index (χ1) is 11.2. The number of thiol groups is 1. The Bertz CT molecular complexity index is 1260. The minimum Gasteiger partial charge on any atom is -0.171 e. The third-order valence-corrected chi connectivity index (χ3v) is 19.3. The van der Waals surface area contributed by atoms with Crippen molar-refractivity contribution in [3.63, 3.8) is 0 Å². The maximum Gasteiger partial charge on any atom is 0.120 e. The third-order valence-electron chi connectivity index (χ3n) is 17.1. The van der Waals surface area contributed by atoms with Gasteiger partial charge in [0.1, 0.15) is 7.85 Å². The Morgan fingerprint density at radius 2 is 1.65 bits per heavy atom. The molecule has 0 aromatic carbocycles. The van der Waals surface area contributed by atoms with E-state index in [4.69, 9.17) is 12.6 Å². The largest absolute Gasteiger partial charge is 0.171 e. The van der Waals surface area contributed by atoms with Gasteiger partial charge in [0, 0.05) is 4.75 Å². The second-order valence-corrected chi connectivity index (χ2v) is 15.4. The summed E-state index contributed by atoms with van der Waals surface area (Å²) in [6.07, 6.45) is 4.05. The molecule has 0 aromatic heterocycles. The lowest BCUT2D eigenvalue weighted by Crippen LogP contribution is -2.28. The van der Waals surface area contributed by atoms with Crippen molar-refractivity contribution < 1.29 is 0 Å². The summed E-state index contributed by atoms with van der Waals surface area (Å²) >= 11 is 7.40. The quantitative estimate of drug-likeness (QED) is 0.580. The van der Waals surface area contributed by atoms with Crippen LogP contribution in [0, 0.1) is 88.7 Å². The van der Waals surface area contributed by atoms with Crippen molar-refractivity contribution in [2.24, 2.45) is 88.7 Å². The van der Waals surface area contributed by atoms with Crippen LogP contribution >= 0.6 is 24.4 Å². The van der Waals surface area contributed by atoms with Gasteiger partial charge in [-0.05, 0) is 106 Å². The molecule has 0 aromatic rings. The molecule has 0 N–H and O–H groups in total. The number of fused-ring (bicyclic) bond motifs is 2. The van der Waals surface area contributed by atoms with E-state index in [1.165, 1.54) is 17.3 Å². The van der Waals surface area contributed by atoms with Gasteiger partial charge >= 0.3 is 0 Å². The summed E-state index contributed by atoms with van der Waals surface area (Å²) in [7, 11) is 2.48. The first-order valence-corrected chi connectivity index (χ1v) is 12.2. The highest BCUT2D eigenvalue weighted by Crippen LogP contribution is 3.85. The molecule has 108 valence electrons. The van der Waals surface area contributed by atoms with Crippen molar-refractivity contribution in [3.8, 4) is 0 Å². The van der Waals surface area contributed by atoms with Crippen LogP contribution in [-0.4, -0.2) is 24.0 Å². The van der Waals surface area contributed by atoms with Crippen LogP contribution in [0.25, 0.3) is 0 Å². The third kappa shape index (κ3) is 0.194. The monoisotopic (exact) mass is 328 g/mol. The Labute approximate surface area is 143 Å². The van der Waals surface area contributed by atoms with Crippen LogP contribution in [0.3, 0.4) is 0 Å². The van der Waals surface area contributed by atoms with Crippen LogP contribution < -0.4 is 0 Å². The number of hydrogen-bond acceptors (Lipinski definition) is 2. The number of rotatable bonds is 2. The predicted octanol–water partition coefficient (Wildman–Crippen LogP) is 0.873. The first-order valence-electron chi connectivity index (χ1n) is 10.4. The van der Waals surface area contributed by atoms with Gasteiger partial charge in [0.05, 0.1) is 0 Å². The van der Waals surface area contributed by atoms with E-state index in [0.717, 1.165) is 76.5 Å². The van der Waals surface area contributed by atoms with Crippen molar-refractivity contribution in [2.75, 3.05) is 6.26 Å². The number of hydrogen-bond donors (Lipinski definition) is 1. The van der Waals surface area contributed by atoms with Crippen LogP contribution in [0.1, 0.15) is 6.42 Å². The Hall–Kier alpha value is 0.765. The van der Waals surface area contributed by atoms with Gasteiger partial charge in [0.15, 0.2) is 0 Å². The summed E-state index contributed by atoms with van der Waals surface area (Å²) in [5, 5.41) is 0.803. The fourth-order valence-electron chi connectivity index (χ4n) is 19.4. The molecular weight excluding hydrogens is 315 g/mol. The Balaban J connectivity index is 0.966. The average Bonchev–Trinajstić information content (AvgIpc) is 3.20. The normalized spacial score (nSPS) is 132. The fourth-order valence-corrected chi connectivity index (χ4v) is 21.0. The molecule has 0 aliphatic heterocycles. The summed E-state index contributed by atoms with van der Waals surface area (Å²) in [6, 6.07) is 0. The van der Waals surface area contributed by atoms with Gasteiger partial charge in [0.2, 0.25) is 0 Å². The van der Waals surface area contributed by atoms with E-state index >= 15 is 0 Å². The average molecular weight is 328 g/mol. The Morgan fingerprint density at radius 1 is 0.957 bits per heavy atom. The smallest absolute Gasteiger partial charge is 0.120 e. The molecule has 15 saturated carbocycles. The molecule has 18 unspecified atom stereocenters. The first kappa shape index (κ1) is 8.64. The molecule has 15 rings (SSSR count). The second-order valence-electron chi connectivity index (χ2n) is 13.5. The highest BCUT2D eigenvalue weighted by atomic mass is 32.2. The van der Waals surface area contributed by atoms with Gasteiger partial charge in [-0.1, -0.05) is 0 Å². The Morgan fingerprint density at radius 3 is 2.35 bits per heavy atom. The molecule has 0 saturated heterocycles. The summed E-state index contributed by atoms with van der Waals surface area (Å²) in [4.78, 5) is 0. The summed E-state index contributed by atoms with van der Waals surface area (Å²) in [5.74, 6) is 4.78. The minimum absolute atomic E-state index is 0.487. The van der Waals surface area contributed by atoms with E-state index in [-0.39, 0.29) is 0 Å². The standard InChI is InChI=1S/C20H13BS2/c1-23-7(21)9(22)4-5(9)10-6(4)12(10)14(10)16(12)18(14)19-15-11-3-2-8(3,11)13(11,15)17(15,19)20(16,18)19/h3-7,22H,2,21H2,1H3. The van der Waals surface area contributed by atoms with Gasteiger partial charge in [-0.2, -0.15) is 24.4 Å². The van der Waals surface area contributed by atoms with E-state index in [0.29, 0.717) is 4.75 Å². The highest BCUT2D eigenvalue weighted by molar-refractivity contribution is 8.01. The Kier molecular flexibility index (Phi) is 0.442. The van der Waals surface area contributed by atoms with Crippen molar-refractivity contribution in [1.82, 2.24) is 0 Å². The fraction of sp³-hybridized carbons (Fsp3) is 1.00. The topological polar surface area (TPSA) is 0 Å². The van der Waals surface area contributed by atoms with E-state index in [1.807, 2.05) is 0 Å². The van der Waals surface area contributed by atoms with Crippen molar-refractivity contribution in [2.45, 2.75) is 16.3 Å². The van der Waals surface area contributed by atoms with Crippen LogP contribution in [0.4, 0.5) is 0 Å². The molecular formula is C20H13BS2. The van der Waals surface area contributed by atoms with Gasteiger partial charge in [-0.25, -0.2) is 0 Å². The molecule has 3 heteroatoms. The van der Waals surface area contributed by atoms with Crippen molar-refractivity contribution >= 4 is 32.2 Å². The molecule has 18 atom stereocenters. The lowest BCUT2D eigenvalue weighted by Gasteiger charge is -2.29. The maximum atomic E-state index is 5.31. The van der Waals surface area contributed by atoms with E-state index in [1.54, 1.807) is 6.42 Å². The highest BCUT2D eigenvalue weighted by Gasteiger charge is 3.85. The minimum atomic E-state index is 0.487. The molecule has 15 aliphatic carbocycles. The maximum absolute atomic E-state index is 5.31. The predicted molar refractivity (Wildman–Crippen MR) is 85.3 cm³/mol. The van der Waals surface area contributed by atoms with E-state index in [9.17, 15) is 0 Å².